The predicted molar refractivity (Wildman–Crippen MR) is 33.1 cm³/mol. The Balaban J connectivity index is 2.22. The Morgan fingerprint density at radius 1 is 1.56 bits per heavy atom. The van der Waals surface area contributed by atoms with Gasteiger partial charge in [0.1, 0.15) is 11.7 Å². The molecule has 0 aromatic carbocycles. The summed E-state index contributed by atoms with van der Waals surface area (Å²) < 4.78 is 15.8. The summed E-state index contributed by atoms with van der Waals surface area (Å²) >= 11 is -0.968. The van der Waals surface area contributed by atoms with E-state index in [4.69, 9.17) is 4.74 Å². The van der Waals surface area contributed by atoms with Crippen molar-refractivity contribution in [2.45, 2.75) is 5.56 Å². The van der Waals surface area contributed by atoms with Gasteiger partial charge in [-0.2, -0.15) is 0 Å². The van der Waals surface area contributed by atoms with Gasteiger partial charge in [0.25, 0.3) is 0 Å². The summed E-state index contributed by atoms with van der Waals surface area (Å²) in [5.74, 6) is 0. The molecule has 48 valence electrons. The molecular formula is C5H5NO2S. The van der Waals surface area contributed by atoms with E-state index in [0.29, 0.717) is 0 Å². The Labute approximate surface area is 55.8 Å². The van der Waals surface area contributed by atoms with Crippen LogP contribution in [0.1, 0.15) is 0 Å². The Bertz CT molecular complexity index is 180. The molecule has 2 heterocycles. The molecule has 0 saturated carbocycles. The van der Waals surface area contributed by atoms with Gasteiger partial charge in [0.05, 0.1) is 6.20 Å². The van der Waals surface area contributed by atoms with Crippen LogP contribution in [-0.4, -0.2) is 15.0 Å². The molecule has 0 radical (unpaired) electrons. The highest BCUT2D eigenvalue weighted by Crippen LogP contribution is 2.24. The SMILES string of the molecule is [O-][S+]1C=CN2C=COC21. The summed E-state index contributed by atoms with van der Waals surface area (Å²) in [5, 5.41) is 1.62. The average Bonchev–Trinajstić information content (AvgIpc) is 2.35. The first-order chi connectivity index (χ1) is 4.38. The van der Waals surface area contributed by atoms with Crippen molar-refractivity contribution in [3.05, 3.63) is 24.1 Å². The van der Waals surface area contributed by atoms with E-state index in [2.05, 4.69) is 0 Å². The standard InChI is InChI=1S/C5H5NO2S/c7-9-4-2-6-1-3-8-5(6)9/h1-5H. The highest BCUT2D eigenvalue weighted by molar-refractivity contribution is 7.94. The predicted octanol–water partition coefficient (Wildman–Crippen LogP) is 0.307. The van der Waals surface area contributed by atoms with Gasteiger partial charge < -0.3 is 9.29 Å². The molecule has 0 spiro atoms. The Morgan fingerprint density at radius 2 is 2.44 bits per heavy atom. The molecule has 4 heteroatoms. The summed E-state index contributed by atoms with van der Waals surface area (Å²) in [6, 6.07) is 0. The van der Waals surface area contributed by atoms with E-state index in [1.54, 1.807) is 29.0 Å². The molecule has 0 amide bonds. The topological polar surface area (TPSA) is 35.5 Å². The van der Waals surface area contributed by atoms with Gasteiger partial charge in [-0.1, -0.05) is 0 Å². The zero-order valence-electron chi connectivity index (χ0n) is 4.56. The zero-order valence-corrected chi connectivity index (χ0v) is 5.38. The maximum Gasteiger partial charge on any atom is 0.345 e. The van der Waals surface area contributed by atoms with E-state index in [1.165, 1.54) is 0 Å². The minimum atomic E-state index is -0.968. The van der Waals surface area contributed by atoms with Crippen LogP contribution < -0.4 is 0 Å². The Kier molecular flexibility index (Phi) is 0.972. The first-order valence-electron chi connectivity index (χ1n) is 2.55. The Hall–Kier alpha value is -0.610. The van der Waals surface area contributed by atoms with Crippen LogP contribution in [0.25, 0.3) is 0 Å². The van der Waals surface area contributed by atoms with E-state index in [9.17, 15) is 4.55 Å². The molecule has 2 aliphatic rings. The van der Waals surface area contributed by atoms with Crippen molar-refractivity contribution < 1.29 is 9.29 Å². The van der Waals surface area contributed by atoms with Gasteiger partial charge in [-0.05, 0) is 0 Å². The average molecular weight is 143 g/mol. The summed E-state index contributed by atoms with van der Waals surface area (Å²) in [6.45, 7) is 0. The lowest BCUT2D eigenvalue weighted by Gasteiger charge is -2.12. The summed E-state index contributed by atoms with van der Waals surface area (Å²) in [7, 11) is 0. The molecule has 3 nitrogen and oxygen atoms in total. The van der Waals surface area contributed by atoms with Crippen LogP contribution in [0.4, 0.5) is 0 Å². The van der Waals surface area contributed by atoms with Gasteiger partial charge in [0, 0.05) is 17.4 Å². The van der Waals surface area contributed by atoms with Crippen LogP contribution >= 0.6 is 0 Å². The number of nitrogens with zero attached hydrogens (tertiary/aromatic N) is 1. The Morgan fingerprint density at radius 3 is 3.22 bits per heavy atom. The summed E-state index contributed by atoms with van der Waals surface area (Å²) in [5.41, 5.74) is -0.273. The normalized spacial score (nSPS) is 37.2. The summed E-state index contributed by atoms with van der Waals surface area (Å²) in [6.07, 6.45) is 5.06. The van der Waals surface area contributed by atoms with Crippen molar-refractivity contribution >= 4 is 11.2 Å². The fourth-order valence-electron chi connectivity index (χ4n) is 0.805. The molecule has 0 saturated heterocycles. The fourth-order valence-corrected chi connectivity index (χ4v) is 1.75. The number of hydrogen-bond donors (Lipinski definition) is 0. The number of fused-ring (bicyclic) bond motifs is 1. The monoisotopic (exact) mass is 143 g/mol. The zero-order chi connectivity index (χ0) is 6.27. The number of hydrogen-bond acceptors (Lipinski definition) is 3. The van der Waals surface area contributed by atoms with Crippen LogP contribution in [0.3, 0.4) is 0 Å². The highest BCUT2D eigenvalue weighted by atomic mass is 32.2. The highest BCUT2D eigenvalue weighted by Gasteiger charge is 2.34. The first-order valence-corrected chi connectivity index (χ1v) is 3.83. The number of ether oxygens (including phenoxy) is 1. The molecule has 2 unspecified atom stereocenters. The largest absolute Gasteiger partial charge is 0.607 e. The molecule has 0 N–H and O–H groups in total. The molecule has 2 rings (SSSR count). The molecule has 0 aliphatic carbocycles. The van der Waals surface area contributed by atoms with E-state index in [1.807, 2.05) is 0 Å². The lowest BCUT2D eigenvalue weighted by Crippen LogP contribution is -2.25. The third kappa shape index (κ3) is 0.635. The lowest BCUT2D eigenvalue weighted by molar-refractivity contribution is 0.163. The third-order valence-electron chi connectivity index (χ3n) is 1.24. The van der Waals surface area contributed by atoms with Gasteiger partial charge in [-0.25, -0.2) is 0 Å². The van der Waals surface area contributed by atoms with E-state index >= 15 is 0 Å². The van der Waals surface area contributed by atoms with Crippen molar-refractivity contribution in [3.8, 4) is 0 Å². The number of rotatable bonds is 0. The quantitative estimate of drug-likeness (QED) is 0.458. The molecule has 0 aromatic heterocycles. The van der Waals surface area contributed by atoms with Crippen molar-refractivity contribution in [2.75, 3.05) is 0 Å². The van der Waals surface area contributed by atoms with Crippen molar-refractivity contribution in [1.29, 1.82) is 0 Å². The third-order valence-corrected chi connectivity index (χ3v) is 2.38. The van der Waals surface area contributed by atoms with Gasteiger partial charge >= 0.3 is 5.56 Å². The lowest BCUT2D eigenvalue weighted by atomic mass is 10.8. The molecule has 9 heavy (non-hydrogen) atoms. The van der Waals surface area contributed by atoms with Crippen LogP contribution in [0, 0.1) is 0 Å². The fraction of sp³-hybridized carbons (Fsp3) is 0.200. The van der Waals surface area contributed by atoms with E-state index < -0.39 is 11.2 Å². The molecule has 0 aromatic rings. The molecule has 0 fully saturated rings. The van der Waals surface area contributed by atoms with Gasteiger partial charge in [-0.15, -0.1) is 0 Å². The van der Waals surface area contributed by atoms with Gasteiger partial charge in [0.2, 0.25) is 0 Å². The second-order valence-corrected chi connectivity index (χ2v) is 3.12. The maximum atomic E-state index is 10.9. The van der Waals surface area contributed by atoms with Crippen molar-refractivity contribution in [2.24, 2.45) is 0 Å². The molecule has 2 aliphatic heterocycles. The first kappa shape index (κ1) is 5.20. The van der Waals surface area contributed by atoms with Crippen LogP contribution in [-0.2, 0) is 15.9 Å². The van der Waals surface area contributed by atoms with Crippen LogP contribution in [0.15, 0.2) is 24.1 Å². The van der Waals surface area contributed by atoms with Crippen molar-refractivity contribution in [3.63, 3.8) is 0 Å². The molecule has 0 bridgehead atoms. The molecular weight excluding hydrogens is 138 g/mol. The van der Waals surface area contributed by atoms with E-state index in [-0.39, 0.29) is 5.56 Å². The summed E-state index contributed by atoms with van der Waals surface area (Å²) in [4.78, 5) is 1.77. The minimum Gasteiger partial charge on any atom is -0.607 e. The van der Waals surface area contributed by atoms with Gasteiger partial charge in [-0.3, -0.25) is 4.90 Å². The van der Waals surface area contributed by atoms with E-state index in [0.717, 1.165) is 0 Å². The second kappa shape index (κ2) is 1.68. The van der Waals surface area contributed by atoms with Crippen LogP contribution in [0.5, 0.6) is 0 Å². The van der Waals surface area contributed by atoms with Gasteiger partial charge in [0.15, 0.2) is 0 Å². The van der Waals surface area contributed by atoms with Crippen molar-refractivity contribution in [1.82, 2.24) is 4.90 Å². The smallest absolute Gasteiger partial charge is 0.345 e. The molecule has 2 atom stereocenters. The maximum absolute atomic E-state index is 10.9. The van der Waals surface area contributed by atoms with Crippen LogP contribution in [0.2, 0.25) is 0 Å². The second-order valence-electron chi connectivity index (χ2n) is 1.79. The minimum absolute atomic E-state index is 0.273.